The molecule has 0 aliphatic rings. The maximum absolute atomic E-state index is 10.4. The van der Waals surface area contributed by atoms with Gasteiger partial charge in [-0.2, -0.15) is 5.10 Å². The van der Waals surface area contributed by atoms with E-state index in [1.807, 2.05) is 0 Å². The molecule has 0 aliphatic carbocycles. The quantitative estimate of drug-likeness (QED) is 0.621. The lowest BCUT2D eigenvalue weighted by molar-refractivity contribution is 0.112. The van der Waals surface area contributed by atoms with Crippen molar-refractivity contribution in [3.05, 3.63) is 29.3 Å². The Kier molecular flexibility index (Phi) is 1.55. The first-order valence-corrected chi connectivity index (χ1v) is 3.64. The highest BCUT2D eigenvalue weighted by molar-refractivity contribution is 6.29. The molecule has 0 spiro atoms. The normalized spacial score (nSPS) is 10.4. The van der Waals surface area contributed by atoms with Crippen molar-refractivity contribution in [3.63, 3.8) is 0 Å². The zero-order valence-electron chi connectivity index (χ0n) is 5.94. The third-order valence-electron chi connectivity index (χ3n) is 1.51. The number of aldehydes is 1. The molecular weight excluding hydrogens is 178 g/mol. The lowest BCUT2D eigenvalue weighted by Crippen LogP contribution is -1.89. The molecule has 0 aliphatic heterocycles. The second-order valence-electron chi connectivity index (χ2n) is 2.23. The van der Waals surface area contributed by atoms with Crippen LogP contribution < -0.4 is 0 Å². The standard InChI is InChI=1S/C7H4ClN3O/c8-7-2-1-6-5(3-12)9-4-11(6)10-7/h1-4H. The Morgan fingerprint density at radius 3 is 3.08 bits per heavy atom. The van der Waals surface area contributed by atoms with Gasteiger partial charge >= 0.3 is 0 Å². The maximum Gasteiger partial charge on any atom is 0.170 e. The van der Waals surface area contributed by atoms with Gasteiger partial charge in [0, 0.05) is 0 Å². The smallest absolute Gasteiger partial charge is 0.170 e. The van der Waals surface area contributed by atoms with Crippen LogP contribution in [0.25, 0.3) is 5.52 Å². The van der Waals surface area contributed by atoms with Gasteiger partial charge in [0.2, 0.25) is 0 Å². The van der Waals surface area contributed by atoms with Crippen LogP contribution >= 0.6 is 11.6 Å². The minimum atomic E-state index is 0.373. The molecule has 0 unspecified atom stereocenters. The Morgan fingerprint density at radius 2 is 2.33 bits per heavy atom. The molecule has 0 radical (unpaired) electrons. The molecule has 4 nitrogen and oxygen atoms in total. The predicted molar refractivity (Wildman–Crippen MR) is 43.4 cm³/mol. The SMILES string of the molecule is O=Cc1ncn2nc(Cl)ccc12. The second-order valence-corrected chi connectivity index (χ2v) is 2.62. The Bertz CT molecular complexity index is 437. The predicted octanol–water partition coefficient (Wildman–Crippen LogP) is 1.20. The Balaban J connectivity index is 2.81. The molecule has 2 heterocycles. The van der Waals surface area contributed by atoms with Crippen molar-refractivity contribution in [2.45, 2.75) is 0 Å². The summed E-state index contributed by atoms with van der Waals surface area (Å²) >= 11 is 5.62. The number of halogens is 1. The molecule has 60 valence electrons. The third-order valence-corrected chi connectivity index (χ3v) is 1.71. The minimum absolute atomic E-state index is 0.373. The number of hydrogen-bond donors (Lipinski definition) is 0. The van der Waals surface area contributed by atoms with E-state index in [1.165, 1.54) is 10.8 Å². The van der Waals surface area contributed by atoms with Gasteiger partial charge in [0.05, 0.1) is 5.52 Å². The summed E-state index contributed by atoms with van der Waals surface area (Å²) in [4.78, 5) is 14.3. The first-order valence-electron chi connectivity index (χ1n) is 3.26. The second kappa shape index (κ2) is 2.57. The van der Waals surface area contributed by atoms with Crippen LogP contribution in [0.15, 0.2) is 18.5 Å². The molecule has 2 rings (SSSR count). The number of nitrogens with zero attached hydrogens (tertiary/aromatic N) is 3. The summed E-state index contributed by atoms with van der Waals surface area (Å²) in [5.74, 6) is 0. The molecule has 0 N–H and O–H groups in total. The summed E-state index contributed by atoms with van der Waals surface area (Å²) in [7, 11) is 0. The zero-order valence-corrected chi connectivity index (χ0v) is 6.69. The van der Waals surface area contributed by atoms with Crippen molar-refractivity contribution < 1.29 is 4.79 Å². The highest BCUT2D eigenvalue weighted by atomic mass is 35.5. The van der Waals surface area contributed by atoms with Gasteiger partial charge in [-0.3, -0.25) is 4.79 Å². The van der Waals surface area contributed by atoms with Crippen molar-refractivity contribution in [1.29, 1.82) is 0 Å². The van der Waals surface area contributed by atoms with Crippen LogP contribution in [0, 0.1) is 0 Å². The molecule has 5 heteroatoms. The third kappa shape index (κ3) is 0.967. The maximum atomic E-state index is 10.4. The molecule has 0 atom stereocenters. The summed E-state index contributed by atoms with van der Waals surface area (Å²) in [6.07, 6.45) is 2.13. The zero-order chi connectivity index (χ0) is 8.55. The fourth-order valence-corrected chi connectivity index (χ4v) is 1.12. The fourth-order valence-electron chi connectivity index (χ4n) is 0.979. The Hall–Kier alpha value is -1.42. The number of aromatic nitrogens is 3. The van der Waals surface area contributed by atoms with Crippen molar-refractivity contribution in [2.75, 3.05) is 0 Å². The number of fused-ring (bicyclic) bond motifs is 1. The summed E-state index contributed by atoms with van der Waals surface area (Å²) in [5.41, 5.74) is 1.04. The van der Waals surface area contributed by atoms with Crippen LogP contribution in [0.2, 0.25) is 5.15 Å². The largest absolute Gasteiger partial charge is 0.296 e. The molecular formula is C7H4ClN3O. The molecule has 0 fully saturated rings. The van der Waals surface area contributed by atoms with E-state index in [1.54, 1.807) is 12.1 Å². The van der Waals surface area contributed by atoms with Crippen molar-refractivity contribution >= 4 is 23.4 Å². The van der Waals surface area contributed by atoms with Crippen molar-refractivity contribution in [3.8, 4) is 0 Å². The molecule has 0 saturated heterocycles. The number of rotatable bonds is 1. The van der Waals surface area contributed by atoms with E-state index in [2.05, 4.69) is 10.1 Å². The van der Waals surface area contributed by atoms with E-state index < -0.39 is 0 Å². The van der Waals surface area contributed by atoms with Gasteiger partial charge in [-0.05, 0) is 12.1 Å². The summed E-state index contributed by atoms with van der Waals surface area (Å²) < 4.78 is 1.46. The summed E-state index contributed by atoms with van der Waals surface area (Å²) in [5, 5.41) is 4.28. The van der Waals surface area contributed by atoms with Crippen molar-refractivity contribution in [1.82, 2.24) is 14.6 Å². The van der Waals surface area contributed by atoms with E-state index in [-0.39, 0.29) is 0 Å². The van der Waals surface area contributed by atoms with E-state index in [0.29, 0.717) is 22.6 Å². The van der Waals surface area contributed by atoms with Gasteiger partial charge in [-0.1, -0.05) is 11.6 Å². The molecule has 0 bridgehead atoms. The Morgan fingerprint density at radius 1 is 1.50 bits per heavy atom. The van der Waals surface area contributed by atoms with Gasteiger partial charge in [-0.15, -0.1) is 0 Å². The van der Waals surface area contributed by atoms with E-state index in [0.717, 1.165) is 0 Å². The number of carbonyl (C=O) groups excluding carboxylic acids is 1. The van der Waals surface area contributed by atoms with Gasteiger partial charge in [-0.25, -0.2) is 9.50 Å². The monoisotopic (exact) mass is 181 g/mol. The van der Waals surface area contributed by atoms with Gasteiger partial charge in [0.15, 0.2) is 6.29 Å². The van der Waals surface area contributed by atoms with Gasteiger partial charge < -0.3 is 0 Å². The van der Waals surface area contributed by atoms with E-state index in [4.69, 9.17) is 11.6 Å². The average molecular weight is 182 g/mol. The number of imidazole rings is 1. The van der Waals surface area contributed by atoms with Crippen LogP contribution in [0.4, 0.5) is 0 Å². The van der Waals surface area contributed by atoms with Crippen LogP contribution in [0.3, 0.4) is 0 Å². The highest BCUT2D eigenvalue weighted by Crippen LogP contribution is 2.09. The summed E-state index contributed by atoms with van der Waals surface area (Å²) in [6, 6.07) is 3.32. The molecule has 0 saturated carbocycles. The van der Waals surface area contributed by atoms with Gasteiger partial charge in [0.1, 0.15) is 17.2 Å². The average Bonchev–Trinajstić information content (AvgIpc) is 2.46. The topological polar surface area (TPSA) is 47.3 Å². The van der Waals surface area contributed by atoms with E-state index in [9.17, 15) is 4.79 Å². The van der Waals surface area contributed by atoms with Crippen LogP contribution in [0.5, 0.6) is 0 Å². The highest BCUT2D eigenvalue weighted by Gasteiger charge is 2.02. The lowest BCUT2D eigenvalue weighted by atomic mass is 10.4. The summed E-state index contributed by atoms with van der Waals surface area (Å²) in [6.45, 7) is 0. The molecule has 2 aromatic heterocycles. The molecule has 12 heavy (non-hydrogen) atoms. The van der Waals surface area contributed by atoms with Crippen LogP contribution in [0.1, 0.15) is 10.5 Å². The Labute approximate surface area is 72.8 Å². The number of carbonyl (C=O) groups is 1. The van der Waals surface area contributed by atoms with Crippen molar-refractivity contribution in [2.24, 2.45) is 0 Å². The first kappa shape index (κ1) is 7.24. The van der Waals surface area contributed by atoms with Crippen LogP contribution in [-0.2, 0) is 0 Å². The lowest BCUT2D eigenvalue weighted by Gasteiger charge is -1.91. The van der Waals surface area contributed by atoms with E-state index >= 15 is 0 Å². The molecule has 0 amide bonds. The number of hydrogen-bond acceptors (Lipinski definition) is 3. The minimum Gasteiger partial charge on any atom is -0.296 e. The molecule has 0 aromatic carbocycles. The fraction of sp³-hybridized carbons (Fsp3) is 0. The van der Waals surface area contributed by atoms with Gasteiger partial charge in [0.25, 0.3) is 0 Å². The molecule has 2 aromatic rings. The first-order chi connectivity index (χ1) is 5.81. The van der Waals surface area contributed by atoms with Crippen LogP contribution in [-0.4, -0.2) is 20.9 Å².